The fourth-order valence-electron chi connectivity index (χ4n) is 7.59. The SMILES string of the molecule is CC(C)(C)OC(=O)Cc1cc(C2(c3cc(OC(=O)OC(C)(C)C)c(OC(=O)OC(C)(C)C)c(OC(=O)OC(C)(C)C)c3)c3ccccc3-c3ccccc32)cc(OC(=O)OC(C)(C)C)c1OC(=O)OC(C)(C)C. The van der Waals surface area contributed by atoms with Gasteiger partial charge in [0.15, 0.2) is 23.0 Å². The maximum atomic E-state index is 14.0. The van der Waals surface area contributed by atoms with E-state index in [-0.39, 0.29) is 22.4 Å². The zero-order valence-corrected chi connectivity index (χ0v) is 45.1. The lowest BCUT2D eigenvalue weighted by Gasteiger charge is -2.35. The van der Waals surface area contributed by atoms with E-state index in [1.807, 2.05) is 36.4 Å². The van der Waals surface area contributed by atoms with Gasteiger partial charge in [-0.3, -0.25) is 4.79 Å². The topological polar surface area (TPSA) is 204 Å². The predicted octanol–water partition coefficient (Wildman–Crippen LogP) is 13.5. The number of hydrogen-bond acceptors (Lipinski definition) is 17. The van der Waals surface area contributed by atoms with Crippen LogP contribution in [-0.4, -0.2) is 70.4 Å². The summed E-state index contributed by atoms with van der Waals surface area (Å²) in [5.74, 6) is -3.08. The van der Waals surface area contributed by atoms with Crippen molar-refractivity contribution in [2.45, 2.75) is 170 Å². The van der Waals surface area contributed by atoms with Crippen molar-refractivity contribution in [3.05, 3.63) is 101 Å². The van der Waals surface area contributed by atoms with Gasteiger partial charge in [0, 0.05) is 5.56 Å². The summed E-state index contributed by atoms with van der Waals surface area (Å²) in [6.45, 7) is 29.3. The second-order valence-electron chi connectivity index (χ2n) is 23.2. The van der Waals surface area contributed by atoms with Gasteiger partial charge in [-0.2, -0.15) is 0 Å². The molecule has 0 radical (unpaired) electrons. The van der Waals surface area contributed by atoms with Crippen LogP contribution in [0.5, 0.6) is 28.7 Å². The number of benzene rings is 4. The van der Waals surface area contributed by atoms with Gasteiger partial charge in [-0.05, 0) is 182 Å². The predicted molar refractivity (Wildman–Crippen MR) is 268 cm³/mol. The standard InChI is InChI=1S/C56H68O17/c1-50(2,3)68-42(57)28-32-27-33(29-39(63-45(58)69-51(4,5)6)43(32)66-48(61)72-54(13,14)15)56(37-25-21-19-23-35(37)36-24-20-22-26-38(36)56)34-30-40(64-46(59)70-52(7,8)9)44(67-49(62)73-55(16,17)18)41(31-34)65-47(60)71-53(10,11)12/h19-27,29-31H,28H2,1-18H3. The van der Waals surface area contributed by atoms with Crippen LogP contribution in [0.2, 0.25) is 0 Å². The first-order valence-corrected chi connectivity index (χ1v) is 23.6. The molecular weight excluding hydrogens is 945 g/mol. The first-order valence-electron chi connectivity index (χ1n) is 23.6. The lowest BCUT2D eigenvalue weighted by Crippen LogP contribution is -2.32. The number of esters is 1. The highest BCUT2D eigenvalue weighted by atomic mass is 16.8. The van der Waals surface area contributed by atoms with Crippen LogP contribution < -0.4 is 23.7 Å². The number of rotatable bonds is 9. The molecule has 4 aromatic carbocycles. The molecule has 0 N–H and O–H groups in total. The Morgan fingerprint density at radius 1 is 0.370 bits per heavy atom. The van der Waals surface area contributed by atoms with Gasteiger partial charge in [-0.25, -0.2) is 24.0 Å². The van der Waals surface area contributed by atoms with Crippen LogP contribution in [0.3, 0.4) is 0 Å². The van der Waals surface area contributed by atoms with Crippen LogP contribution in [-0.2, 0) is 45.1 Å². The molecular formula is C56H68O17. The van der Waals surface area contributed by atoms with E-state index < -0.39 is 105 Å². The molecule has 0 bridgehead atoms. The molecule has 394 valence electrons. The van der Waals surface area contributed by atoms with Crippen LogP contribution in [0.1, 0.15) is 152 Å². The minimum atomic E-state index is -1.67. The zero-order chi connectivity index (χ0) is 54.9. The molecule has 1 aliphatic carbocycles. The van der Waals surface area contributed by atoms with Gasteiger partial charge in [-0.1, -0.05) is 48.5 Å². The number of fused-ring (bicyclic) bond motifs is 3. The van der Waals surface area contributed by atoms with Crippen LogP contribution in [0.25, 0.3) is 11.1 Å². The van der Waals surface area contributed by atoms with Crippen molar-refractivity contribution in [2.24, 2.45) is 0 Å². The fraction of sp³-hybridized carbons (Fsp3) is 0.464. The molecule has 73 heavy (non-hydrogen) atoms. The largest absolute Gasteiger partial charge is 0.514 e. The Labute approximate surface area is 426 Å². The normalized spacial score (nSPS) is 13.3. The van der Waals surface area contributed by atoms with Crippen LogP contribution in [0, 0.1) is 0 Å². The summed E-state index contributed by atoms with van der Waals surface area (Å²) in [6.07, 6.45) is -6.69. The van der Waals surface area contributed by atoms with Crippen molar-refractivity contribution in [3.63, 3.8) is 0 Å². The van der Waals surface area contributed by atoms with E-state index in [0.29, 0.717) is 22.3 Å². The molecule has 0 heterocycles. The highest BCUT2D eigenvalue weighted by Gasteiger charge is 2.49. The van der Waals surface area contributed by atoms with E-state index in [1.165, 1.54) is 18.2 Å². The third-order valence-corrected chi connectivity index (χ3v) is 9.62. The monoisotopic (exact) mass is 1010 g/mol. The van der Waals surface area contributed by atoms with E-state index in [1.54, 1.807) is 143 Å². The van der Waals surface area contributed by atoms with Crippen LogP contribution in [0.15, 0.2) is 72.8 Å². The maximum absolute atomic E-state index is 14.0. The Morgan fingerprint density at radius 2 is 0.658 bits per heavy atom. The maximum Gasteiger partial charge on any atom is 0.514 e. The first-order chi connectivity index (χ1) is 33.3. The van der Waals surface area contributed by atoms with Crippen molar-refractivity contribution in [1.82, 2.24) is 0 Å². The Kier molecular flexibility index (Phi) is 16.0. The van der Waals surface area contributed by atoms with Gasteiger partial charge in [0.25, 0.3) is 0 Å². The fourth-order valence-corrected chi connectivity index (χ4v) is 7.59. The lowest BCUT2D eigenvalue weighted by atomic mass is 9.67. The Balaban J connectivity index is 2.03. The number of carbonyl (C=O) groups is 6. The van der Waals surface area contributed by atoms with Crippen molar-refractivity contribution in [1.29, 1.82) is 0 Å². The summed E-state index contributed by atoms with van der Waals surface area (Å²) in [4.78, 5) is 82.7. The number of ether oxygens (including phenoxy) is 11. The summed E-state index contributed by atoms with van der Waals surface area (Å²) in [6, 6.07) is 20.4. The van der Waals surface area contributed by atoms with Gasteiger partial charge < -0.3 is 52.1 Å². The second-order valence-corrected chi connectivity index (χ2v) is 23.2. The molecule has 17 nitrogen and oxygen atoms in total. The molecule has 4 aromatic rings. The van der Waals surface area contributed by atoms with Crippen LogP contribution in [0.4, 0.5) is 24.0 Å². The van der Waals surface area contributed by atoms with Crippen molar-refractivity contribution < 1.29 is 80.9 Å². The van der Waals surface area contributed by atoms with Crippen molar-refractivity contribution >= 4 is 36.7 Å². The minimum absolute atomic E-state index is 0.0160. The van der Waals surface area contributed by atoms with Gasteiger partial charge in [0.1, 0.15) is 33.6 Å². The Hall–Kier alpha value is -7.30. The van der Waals surface area contributed by atoms with Gasteiger partial charge in [-0.15, -0.1) is 0 Å². The smallest absolute Gasteiger partial charge is 0.460 e. The number of hydrogen-bond donors (Lipinski definition) is 0. The summed E-state index contributed by atoms with van der Waals surface area (Å²) >= 11 is 0. The first kappa shape index (κ1) is 56.6. The lowest BCUT2D eigenvalue weighted by molar-refractivity contribution is -0.154. The molecule has 0 saturated heterocycles. The van der Waals surface area contributed by atoms with E-state index >= 15 is 0 Å². The summed E-state index contributed by atoms with van der Waals surface area (Å²) in [5.41, 5.74) is -5.07. The highest BCUT2D eigenvalue weighted by molar-refractivity contribution is 5.88. The zero-order valence-electron chi connectivity index (χ0n) is 45.1. The molecule has 0 unspecified atom stereocenters. The highest BCUT2D eigenvalue weighted by Crippen LogP contribution is 2.59. The molecule has 0 atom stereocenters. The van der Waals surface area contributed by atoms with E-state index in [0.717, 1.165) is 0 Å². The van der Waals surface area contributed by atoms with Crippen molar-refractivity contribution in [2.75, 3.05) is 0 Å². The average molecular weight is 1010 g/mol. The molecule has 0 aromatic heterocycles. The molecule has 0 aliphatic heterocycles. The number of carbonyl (C=O) groups excluding carboxylic acids is 6. The second kappa shape index (κ2) is 20.7. The molecule has 0 spiro atoms. The van der Waals surface area contributed by atoms with E-state index in [4.69, 9.17) is 52.1 Å². The Morgan fingerprint density at radius 3 is 1.00 bits per heavy atom. The quantitative estimate of drug-likeness (QED) is 0.0765. The minimum Gasteiger partial charge on any atom is -0.460 e. The summed E-state index contributed by atoms with van der Waals surface area (Å²) < 4.78 is 63.2. The molecule has 0 saturated carbocycles. The molecule has 5 rings (SSSR count). The molecule has 1 aliphatic rings. The third kappa shape index (κ3) is 15.4. The summed E-state index contributed by atoms with van der Waals surface area (Å²) in [7, 11) is 0. The van der Waals surface area contributed by atoms with Crippen molar-refractivity contribution in [3.8, 4) is 39.9 Å². The van der Waals surface area contributed by atoms with E-state index in [9.17, 15) is 28.8 Å². The van der Waals surface area contributed by atoms with E-state index in [2.05, 4.69) is 0 Å². The average Bonchev–Trinajstić information content (AvgIpc) is 3.47. The molecule has 17 heteroatoms. The van der Waals surface area contributed by atoms with Crippen LogP contribution >= 0.6 is 0 Å². The van der Waals surface area contributed by atoms with Gasteiger partial charge in [0.2, 0.25) is 5.75 Å². The third-order valence-electron chi connectivity index (χ3n) is 9.62. The summed E-state index contributed by atoms with van der Waals surface area (Å²) in [5, 5.41) is 0. The molecule has 0 amide bonds. The molecule has 0 fully saturated rings. The van der Waals surface area contributed by atoms with Gasteiger partial charge >= 0.3 is 36.7 Å². The van der Waals surface area contributed by atoms with Gasteiger partial charge in [0.05, 0.1) is 11.8 Å². The Bertz CT molecular complexity index is 2470.